The maximum absolute atomic E-state index is 12.7. The Morgan fingerprint density at radius 3 is 2.46 bits per heavy atom. The van der Waals surface area contributed by atoms with Crippen LogP contribution in [0.25, 0.3) is 10.9 Å². The molecule has 26 heavy (non-hydrogen) atoms. The van der Waals surface area contributed by atoms with Crippen molar-refractivity contribution in [3.63, 3.8) is 0 Å². The smallest absolute Gasteiger partial charge is 0.306 e. The summed E-state index contributed by atoms with van der Waals surface area (Å²) in [6.07, 6.45) is 0.645. The highest BCUT2D eigenvalue weighted by Crippen LogP contribution is 2.22. The second-order valence-corrected chi connectivity index (χ2v) is 7.42. The molecule has 0 unspecified atom stereocenters. The van der Waals surface area contributed by atoms with Crippen LogP contribution in [0.5, 0.6) is 0 Å². The summed E-state index contributed by atoms with van der Waals surface area (Å²) in [6, 6.07) is 7.40. The van der Waals surface area contributed by atoms with Gasteiger partial charge in [-0.2, -0.15) is 0 Å². The van der Waals surface area contributed by atoms with Gasteiger partial charge in [0.2, 0.25) is 0 Å². The molecule has 1 aromatic carbocycles. The number of para-hydroxylation sites is 1. The van der Waals surface area contributed by atoms with E-state index in [1.165, 1.54) is 4.90 Å². The number of hydrogen-bond donors (Lipinski definition) is 1. The predicted octanol–water partition coefficient (Wildman–Crippen LogP) is 3.24. The van der Waals surface area contributed by atoms with Gasteiger partial charge >= 0.3 is 5.97 Å². The zero-order valence-electron chi connectivity index (χ0n) is 16.0. The highest BCUT2D eigenvalue weighted by molar-refractivity contribution is 6.45. The van der Waals surface area contributed by atoms with Gasteiger partial charge in [0.1, 0.15) is 5.60 Å². The van der Waals surface area contributed by atoms with E-state index in [2.05, 4.69) is 4.98 Å². The van der Waals surface area contributed by atoms with Crippen LogP contribution in [0, 0.1) is 6.92 Å². The first-order chi connectivity index (χ1) is 12.1. The number of ether oxygens (including phenoxy) is 1. The van der Waals surface area contributed by atoms with Crippen LogP contribution >= 0.6 is 0 Å². The number of aryl methyl sites for hydroxylation is 1. The Kier molecular flexibility index (Phi) is 5.85. The van der Waals surface area contributed by atoms with E-state index in [1.54, 1.807) is 14.0 Å². The minimum absolute atomic E-state index is 0.204. The van der Waals surface area contributed by atoms with Crippen molar-refractivity contribution in [2.75, 3.05) is 13.6 Å². The zero-order valence-corrected chi connectivity index (χ0v) is 16.0. The molecule has 1 N–H and O–H groups in total. The predicted molar refractivity (Wildman–Crippen MR) is 100 cm³/mol. The molecule has 0 atom stereocenters. The SMILES string of the molecule is Cc1[nH]c2ccccc2c1C(=O)C(=O)N(C)CCCC(=O)OC(C)(C)C. The first-order valence-electron chi connectivity index (χ1n) is 8.69. The van der Waals surface area contributed by atoms with Crippen molar-refractivity contribution in [1.29, 1.82) is 0 Å². The molecule has 6 heteroatoms. The maximum atomic E-state index is 12.7. The van der Waals surface area contributed by atoms with Gasteiger partial charge in [-0.05, 0) is 40.2 Å². The number of carbonyl (C=O) groups excluding carboxylic acids is 3. The number of benzene rings is 1. The van der Waals surface area contributed by atoms with Crippen molar-refractivity contribution in [2.24, 2.45) is 0 Å². The third-order valence-corrected chi connectivity index (χ3v) is 3.96. The molecule has 1 amide bonds. The lowest BCUT2D eigenvalue weighted by molar-refractivity contribution is -0.155. The number of esters is 1. The number of nitrogens with zero attached hydrogens (tertiary/aromatic N) is 1. The number of aromatic nitrogens is 1. The molecule has 6 nitrogen and oxygen atoms in total. The number of amides is 1. The molecule has 1 aromatic heterocycles. The molecule has 0 aliphatic rings. The molecular weight excluding hydrogens is 332 g/mol. The number of H-pyrrole nitrogens is 1. The minimum Gasteiger partial charge on any atom is -0.460 e. The van der Waals surface area contributed by atoms with Gasteiger partial charge in [0, 0.05) is 36.6 Å². The summed E-state index contributed by atoms with van der Waals surface area (Å²) in [5, 5.41) is 0.741. The van der Waals surface area contributed by atoms with Gasteiger partial charge < -0.3 is 14.6 Å². The first kappa shape index (κ1) is 19.7. The molecule has 140 valence electrons. The Morgan fingerprint density at radius 2 is 1.81 bits per heavy atom. The molecule has 0 aliphatic heterocycles. The quantitative estimate of drug-likeness (QED) is 0.488. The zero-order chi connectivity index (χ0) is 19.5. The summed E-state index contributed by atoms with van der Waals surface area (Å²) < 4.78 is 5.24. The third kappa shape index (κ3) is 4.71. The summed E-state index contributed by atoms with van der Waals surface area (Å²) in [7, 11) is 1.57. The van der Waals surface area contributed by atoms with E-state index < -0.39 is 17.3 Å². The molecule has 0 aliphatic carbocycles. The van der Waals surface area contributed by atoms with Crippen LogP contribution in [0.1, 0.15) is 49.7 Å². The minimum atomic E-state index is -0.581. The number of carbonyl (C=O) groups is 3. The first-order valence-corrected chi connectivity index (χ1v) is 8.69. The molecule has 2 rings (SSSR count). The molecule has 0 saturated carbocycles. The second kappa shape index (κ2) is 7.72. The molecule has 0 bridgehead atoms. The fraction of sp³-hybridized carbons (Fsp3) is 0.450. The van der Waals surface area contributed by atoms with Crippen LogP contribution in [0.15, 0.2) is 24.3 Å². The molecule has 2 aromatic rings. The normalized spacial score (nSPS) is 11.4. The number of hydrogen-bond acceptors (Lipinski definition) is 4. The van der Waals surface area contributed by atoms with E-state index in [-0.39, 0.29) is 12.4 Å². The van der Waals surface area contributed by atoms with Crippen LogP contribution in [0.2, 0.25) is 0 Å². The van der Waals surface area contributed by atoms with Crippen molar-refractivity contribution in [3.05, 3.63) is 35.5 Å². The van der Waals surface area contributed by atoms with Gasteiger partial charge in [-0.3, -0.25) is 14.4 Å². The molecular formula is C20H26N2O4. The Balaban J connectivity index is 1.98. The van der Waals surface area contributed by atoms with Crippen molar-refractivity contribution >= 4 is 28.6 Å². The van der Waals surface area contributed by atoms with Gasteiger partial charge in [0.05, 0.1) is 5.56 Å². The van der Waals surface area contributed by atoms with Gasteiger partial charge in [0.15, 0.2) is 0 Å². The molecule has 0 radical (unpaired) electrons. The van der Waals surface area contributed by atoms with Crippen molar-refractivity contribution < 1.29 is 19.1 Å². The van der Waals surface area contributed by atoms with Crippen molar-refractivity contribution in [3.8, 4) is 0 Å². The van der Waals surface area contributed by atoms with Crippen LogP contribution in [-0.2, 0) is 14.3 Å². The fourth-order valence-corrected chi connectivity index (χ4v) is 2.80. The number of nitrogens with one attached hydrogen (secondary N) is 1. The Bertz CT molecular complexity index is 830. The number of Topliss-reactive ketones (excluding diaryl/α,β-unsaturated/α-hetero) is 1. The maximum Gasteiger partial charge on any atom is 0.306 e. The number of aromatic amines is 1. The number of ketones is 1. The third-order valence-electron chi connectivity index (χ3n) is 3.96. The topological polar surface area (TPSA) is 79.5 Å². The van der Waals surface area contributed by atoms with E-state index in [1.807, 2.05) is 45.0 Å². The Labute approximate surface area is 153 Å². The van der Waals surface area contributed by atoms with Crippen LogP contribution < -0.4 is 0 Å². The Morgan fingerprint density at radius 1 is 1.15 bits per heavy atom. The fourth-order valence-electron chi connectivity index (χ4n) is 2.80. The highest BCUT2D eigenvalue weighted by atomic mass is 16.6. The summed E-state index contributed by atoms with van der Waals surface area (Å²) in [5.41, 5.74) is 1.38. The lowest BCUT2D eigenvalue weighted by Crippen LogP contribution is -2.34. The summed E-state index contributed by atoms with van der Waals surface area (Å²) in [4.78, 5) is 41.4. The summed E-state index contributed by atoms with van der Waals surface area (Å²) in [5.74, 6) is -1.43. The average Bonchev–Trinajstić information content (AvgIpc) is 2.87. The van der Waals surface area contributed by atoms with E-state index in [4.69, 9.17) is 4.74 Å². The summed E-state index contributed by atoms with van der Waals surface area (Å²) in [6.45, 7) is 7.52. The van der Waals surface area contributed by atoms with E-state index in [0.717, 1.165) is 10.9 Å². The van der Waals surface area contributed by atoms with Gasteiger partial charge in [0.25, 0.3) is 11.7 Å². The standard InChI is InChI=1S/C20H26N2O4/c1-13-17(14-9-6-7-10-15(14)21-13)18(24)19(25)22(5)12-8-11-16(23)26-20(2,3)4/h6-7,9-10,21H,8,11-12H2,1-5H3. The largest absolute Gasteiger partial charge is 0.460 e. The number of fused-ring (bicyclic) bond motifs is 1. The van der Waals surface area contributed by atoms with E-state index in [0.29, 0.717) is 24.2 Å². The van der Waals surface area contributed by atoms with Crippen LogP contribution in [0.3, 0.4) is 0 Å². The van der Waals surface area contributed by atoms with Crippen LogP contribution in [0.4, 0.5) is 0 Å². The highest BCUT2D eigenvalue weighted by Gasteiger charge is 2.25. The van der Waals surface area contributed by atoms with E-state index in [9.17, 15) is 14.4 Å². The monoisotopic (exact) mass is 358 g/mol. The van der Waals surface area contributed by atoms with Gasteiger partial charge in [-0.1, -0.05) is 18.2 Å². The number of likely N-dealkylation sites (N-methyl/N-ethyl adjacent to an activating group) is 1. The van der Waals surface area contributed by atoms with Crippen molar-refractivity contribution in [1.82, 2.24) is 9.88 Å². The average molecular weight is 358 g/mol. The molecule has 1 heterocycles. The molecule has 0 spiro atoms. The van der Waals surface area contributed by atoms with Crippen molar-refractivity contribution in [2.45, 2.75) is 46.1 Å². The van der Waals surface area contributed by atoms with Gasteiger partial charge in [-0.15, -0.1) is 0 Å². The van der Waals surface area contributed by atoms with E-state index >= 15 is 0 Å². The van der Waals surface area contributed by atoms with Gasteiger partial charge in [-0.25, -0.2) is 0 Å². The Hall–Kier alpha value is -2.63. The number of rotatable bonds is 6. The second-order valence-electron chi connectivity index (χ2n) is 7.42. The summed E-state index contributed by atoms with van der Waals surface area (Å²) >= 11 is 0. The lowest BCUT2D eigenvalue weighted by Gasteiger charge is -2.20. The lowest BCUT2D eigenvalue weighted by atomic mass is 10.1. The van der Waals surface area contributed by atoms with Crippen LogP contribution in [-0.4, -0.2) is 46.7 Å². The molecule has 0 saturated heterocycles. The molecule has 0 fully saturated rings.